The van der Waals surface area contributed by atoms with Gasteiger partial charge in [0.2, 0.25) is 5.91 Å². The van der Waals surface area contributed by atoms with Gasteiger partial charge in [-0.05, 0) is 51.8 Å². The van der Waals surface area contributed by atoms with Crippen LogP contribution in [0.2, 0.25) is 10.0 Å². The number of methoxy groups -OCH3 is 1. The van der Waals surface area contributed by atoms with Gasteiger partial charge in [-0.2, -0.15) is 0 Å². The first-order valence-corrected chi connectivity index (χ1v) is 8.37. The van der Waals surface area contributed by atoms with Gasteiger partial charge in [-0.25, -0.2) is 0 Å². The van der Waals surface area contributed by atoms with Gasteiger partial charge in [-0.15, -0.1) is 0 Å². The van der Waals surface area contributed by atoms with Crippen LogP contribution >= 0.6 is 39.1 Å². The van der Waals surface area contributed by atoms with Gasteiger partial charge in [0.15, 0.2) is 11.5 Å². The van der Waals surface area contributed by atoms with Crippen LogP contribution in [-0.2, 0) is 11.4 Å². The van der Waals surface area contributed by atoms with Crippen LogP contribution in [0.1, 0.15) is 11.1 Å². The Bertz CT molecular complexity index is 794. The number of nitrogens with two attached hydrogens (primary N) is 1. The van der Waals surface area contributed by atoms with E-state index in [4.69, 9.17) is 38.4 Å². The van der Waals surface area contributed by atoms with Crippen LogP contribution in [0.4, 0.5) is 0 Å². The molecule has 2 rings (SSSR count). The molecular formula is C17H14BrCl2NO3. The fraction of sp³-hybridized carbons (Fsp3) is 0.118. The van der Waals surface area contributed by atoms with Crippen LogP contribution in [0.3, 0.4) is 0 Å². The molecule has 0 aromatic heterocycles. The van der Waals surface area contributed by atoms with Crippen molar-refractivity contribution in [2.45, 2.75) is 6.61 Å². The molecule has 0 aliphatic carbocycles. The number of amides is 1. The van der Waals surface area contributed by atoms with E-state index in [0.29, 0.717) is 26.0 Å². The molecule has 7 heteroatoms. The Labute approximate surface area is 158 Å². The van der Waals surface area contributed by atoms with E-state index < -0.39 is 5.91 Å². The highest BCUT2D eigenvalue weighted by atomic mass is 79.9. The topological polar surface area (TPSA) is 61.5 Å². The predicted octanol–water partition coefficient (Wildman–Crippen LogP) is 4.84. The van der Waals surface area contributed by atoms with Crippen molar-refractivity contribution in [3.8, 4) is 11.5 Å². The minimum Gasteiger partial charge on any atom is -0.493 e. The van der Waals surface area contributed by atoms with Crippen molar-refractivity contribution in [3.63, 3.8) is 0 Å². The van der Waals surface area contributed by atoms with E-state index in [-0.39, 0.29) is 6.61 Å². The van der Waals surface area contributed by atoms with E-state index in [2.05, 4.69) is 15.9 Å². The lowest BCUT2D eigenvalue weighted by Crippen LogP contribution is -2.05. The maximum Gasteiger partial charge on any atom is 0.241 e. The lowest BCUT2D eigenvalue weighted by atomic mass is 10.2. The molecule has 0 aliphatic heterocycles. The molecule has 2 N–H and O–H groups in total. The van der Waals surface area contributed by atoms with Gasteiger partial charge in [-0.3, -0.25) is 4.79 Å². The maximum absolute atomic E-state index is 10.8. The molecule has 126 valence electrons. The van der Waals surface area contributed by atoms with Gasteiger partial charge in [0.25, 0.3) is 0 Å². The second-order valence-corrected chi connectivity index (χ2v) is 6.49. The number of hydrogen-bond acceptors (Lipinski definition) is 3. The molecule has 0 heterocycles. The van der Waals surface area contributed by atoms with Crippen LogP contribution in [0, 0.1) is 0 Å². The van der Waals surface area contributed by atoms with Gasteiger partial charge in [-0.1, -0.05) is 29.3 Å². The number of ether oxygens (including phenoxy) is 2. The Morgan fingerprint density at radius 3 is 2.67 bits per heavy atom. The fourth-order valence-electron chi connectivity index (χ4n) is 1.94. The summed E-state index contributed by atoms with van der Waals surface area (Å²) < 4.78 is 11.9. The van der Waals surface area contributed by atoms with Gasteiger partial charge in [0.05, 0.1) is 11.6 Å². The Balaban J connectivity index is 2.24. The van der Waals surface area contributed by atoms with Gasteiger partial charge < -0.3 is 15.2 Å². The molecule has 2 aromatic carbocycles. The zero-order valence-corrected chi connectivity index (χ0v) is 15.8. The molecule has 0 spiro atoms. The average Bonchev–Trinajstić information content (AvgIpc) is 2.52. The van der Waals surface area contributed by atoms with Crippen molar-refractivity contribution in [1.29, 1.82) is 0 Å². The second-order valence-electron chi connectivity index (χ2n) is 4.79. The van der Waals surface area contributed by atoms with E-state index in [0.717, 1.165) is 11.1 Å². The monoisotopic (exact) mass is 429 g/mol. The molecular weight excluding hydrogens is 417 g/mol. The van der Waals surface area contributed by atoms with Crippen molar-refractivity contribution in [1.82, 2.24) is 0 Å². The van der Waals surface area contributed by atoms with Gasteiger partial charge >= 0.3 is 0 Å². The van der Waals surface area contributed by atoms with E-state index in [9.17, 15) is 4.79 Å². The molecule has 0 aliphatic rings. The largest absolute Gasteiger partial charge is 0.493 e. The summed E-state index contributed by atoms with van der Waals surface area (Å²) in [7, 11) is 1.53. The molecule has 4 nitrogen and oxygen atoms in total. The Hall–Kier alpha value is -1.69. The zero-order valence-electron chi connectivity index (χ0n) is 12.7. The molecule has 1 amide bonds. The molecule has 0 radical (unpaired) electrons. The molecule has 0 atom stereocenters. The predicted molar refractivity (Wildman–Crippen MR) is 99.7 cm³/mol. The highest BCUT2D eigenvalue weighted by Gasteiger charge is 2.12. The average molecular weight is 431 g/mol. The molecule has 0 unspecified atom stereocenters. The summed E-state index contributed by atoms with van der Waals surface area (Å²) in [5, 5.41) is 1.09. The molecule has 0 saturated carbocycles. The normalized spacial score (nSPS) is 10.8. The lowest BCUT2D eigenvalue weighted by molar-refractivity contribution is -0.113. The molecule has 0 fully saturated rings. The number of benzene rings is 2. The number of carbonyl (C=O) groups is 1. The highest BCUT2D eigenvalue weighted by Crippen LogP contribution is 2.38. The van der Waals surface area contributed by atoms with Crippen LogP contribution in [0.25, 0.3) is 6.08 Å². The van der Waals surface area contributed by atoms with E-state index in [1.807, 2.05) is 0 Å². The minimum atomic E-state index is -0.525. The molecule has 2 aromatic rings. The SMILES string of the molecule is COc1cc(/C=C/C(N)=O)cc(Br)c1OCc1ccc(Cl)cc1Cl. The summed E-state index contributed by atoms with van der Waals surface area (Å²) in [6.45, 7) is 0.251. The van der Waals surface area contributed by atoms with Crippen molar-refractivity contribution in [2.24, 2.45) is 5.73 Å². The summed E-state index contributed by atoms with van der Waals surface area (Å²) >= 11 is 15.5. The van der Waals surface area contributed by atoms with Crippen LogP contribution in [0.15, 0.2) is 40.9 Å². The highest BCUT2D eigenvalue weighted by molar-refractivity contribution is 9.10. The van der Waals surface area contributed by atoms with Crippen LogP contribution < -0.4 is 15.2 Å². The number of primary amides is 1. The van der Waals surface area contributed by atoms with Crippen molar-refractivity contribution < 1.29 is 14.3 Å². The first-order valence-electron chi connectivity index (χ1n) is 6.82. The van der Waals surface area contributed by atoms with Crippen LogP contribution in [-0.4, -0.2) is 13.0 Å². The van der Waals surface area contributed by atoms with Crippen molar-refractivity contribution in [3.05, 3.63) is 62.1 Å². The summed E-state index contributed by atoms with van der Waals surface area (Å²) in [5.74, 6) is 0.515. The third kappa shape index (κ3) is 4.90. The first kappa shape index (κ1) is 18.6. The van der Waals surface area contributed by atoms with E-state index in [1.165, 1.54) is 13.2 Å². The smallest absolute Gasteiger partial charge is 0.241 e. The number of hydrogen-bond donors (Lipinski definition) is 1. The van der Waals surface area contributed by atoms with E-state index >= 15 is 0 Å². The lowest BCUT2D eigenvalue weighted by Gasteiger charge is -2.14. The van der Waals surface area contributed by atoms with Crippen LogP contribution in [0.5, 0.6) is 11.5 Å². The zero-order chi connectivity index (χ0) is 17.7. The third-order valence-corrected chi connectivity index (χ3v) is 4.25. The maximum atomic E-state index is 10.8. The van der Waals surface area contributed by atoms with Crippen molar-refractivity contribution >= 4 is 51.1 Å². The van der Waals surface area contributed by atoms with E-state index in [1.54, 1.807) is 36.4 Å². The summed E-state index contributed by atoms with van der Waals surface area (Å²) in [4.78, 5) is 10.8. The Morgan fingerprint density at radius 1 is 1.29 bits per heavy atom. The number of carbonyl (C=O) groups excluding carboxylic acids is 1. The summed E-state index contributed by atoms with van der Waals surface area (Å²) in [5.41, 5.74) is 6.64. The molecule has 24 heavy (non-hydrogen) atoms. The summed E-state index contributed by atoms with van der Waals surface area (Å²) in [6, 6.07) is 8.74. The summed E-state index contributed by atoms with van der Waals surface area (Å²) in [6.07, 6.45) is 2.87. The molecule has 0 saturated heterocycles. The fourth-order valence-corrected chi connectivity index (χ4v) is 2.98. The Kier molecular flexibility index (Phi) is 6.54. The molecule has 0 bridgehead atoms. The minimum absolute atomic E-state index is 0.251. The van der Waals surface area contributed by atoms with Crippen molar-refractivity contribution in [2.75, 3.05) is 7.11 Å². The standard InChI is InChI=1S/C17H14BrCl2NO3/c1-23-15-7-10(2-5-16(21)22)6-13(18)17(15)24-9-11-3-4-12(19)8-14(11)20/h2-8H,9H2,1H3,(H2,21,22)/b5-2+. The third-order valence-electron chi connectivity index (χ3n) is 3.08. The Morgan fingerprint density at radius 2 is 2.04 bits per heavy atom. The van der Waals surface area contributed by atoms with Gasteiger partial charge in [0, 0.05) is 21.7 Å². The van der Waals surface area contributed by atoms with Gasteiger partial charge in [0.1, 0.15) is 6.61 Å². The quantitative estimate of drug-likeness (QED) is 0.666. The second kappa shape index (κ2) is 8.42. The first-order chi connectivity index (χ1) is 11.4. The number of halogens is 3. The number of rotatable bonds is 6.